The first-order chi connectivity index (χ1) is 7.26. The van der Waals surface area contributed by atoms with Crippen LogP contribution in [0.15, 0.2) is 0 Å². The predicted octanol–water partition coefficient (Wildman–Crippen LogP) is -0.212. The van der Waals surface area contributed by atoms with Gasteiger partial charge < -0.3 is 15.8 Å². The zero-order valence-electron chi connectivity index (χ0n) is 9.67. The van der Waals surface area contributed by atoms with Gasteiger partial charge in [0.25, 0.3) is 0 Å². The first kappa shape index (κ1) is 11.3. The van der Waals surface area contributed by atoms with Crippen LogP contribution in [-0.4, -0.2) is 55.9 Å². The van der Waals surface area contributed by atoms with Gasteiger partial charge in [0.1, 0.15) is 0 Å². The Hall–Kier alpha value is -0.160. The summed E-state index contributed by atoms with van der Waals surface area (Å²) in [5, 5.41) is 3.40. The van der Waals surface area contributed by atoms with Crippen LogP contribution in [0.1, 0.15) is 19.8 Å². The van der Waals surface area contributed by atoms with E-state index >= 15 is 0 Å². The Labute approximate surface area is 92.1 Å². The molecule has 0 radical (unpaired) electrons. The van der Waals surface area contributed by atoms with Gasteiger partial charge in [-0.1, -0.05) is 0 Å². The van der Waals surface area contributed by atoms with E-state index in [1.807, 2.05) is 0 Å². The Bertz CT molecular complexity index is 196. The number of nitrogens with zero attached hydrogens (tertiary/aromatic N) is 1. The van der Waals surface area contributed by atoms with Gasteiger partial charge in [0.15, 0.2) is 0 Å². The van der Waals surface area contributed by atoms with Crippen molar-refractivity contribution < 1.29 is 4.74 Å². The summed E-state index contributed by atoms with van der Waals surface area (Å²) < 4.78 is 5.47. The minimum Gasteiger partial charge on any atom is -0.381 e. The van der Waals surface area contributed by atoms with Crippen molar-refractivity contribution in [2.24, 2.45) is 5.73 Å². The average molecular weight is 213 g/mol. The lowest BCUT2D eigenvalue weighted by Crippen LogP contribution is -2.65. The lowest BCUT2D eigenvalue weighted by molar-refractivity contribution is -0.0443. The minimum atomic E-state index is 0.195. The number of hydrogen-bond acceptors (Lipinski definition) is 4. The van der Waals surface area contributed by atoms with Gasteiger partial charge in [0.2, 0.25) is 0 Å². The largest absolute Gasteiger partial charge is 0.381 e. The molecular weight excluding hydrogens is 190 g/mol. The van der Waals surface area contributed by atoms with Crippen molar-refractivity contribution in [1.29, 1.82) is 0 Å². The molecule has 2 saturated heterocycles. The fourth-order valence-electron chi connectivity index (χ4n) is 2.89. The van der Waals surface area contributed by atoms with Crippen LogP contribution in [0.3, 0.4) is 0 Å². The molecule has 0 spiro atoms. The van der Waals surface area contributed by atoms with Crippen molar-refractivity contribution in [3.63, 3.8) is 0 Å². The predicted molar refractivity (Wildman–Crippen MR) is 60.9 cm³/mol. The third-order valence-corrected chi connectivity index (χ3v) is 3.95. The van der Waals surface area contributed by atoms with Crippen LogP contribution in [-0.2, 0) is 4.74 Å². The molecule has 0 amide bonds. The molecule has 2 aliphatic heterocycles. The summed E-state index contributed by atoms with van der Waals surface area (Å²) in [6, 6.07) is 0.236. The van der Waals surface area contributed by atoms with Crippen LogP contribution in [0.25, 0.3) is 0 Å². The van der Waals surface area contributed by atoms with Gasteiger partial charge in [-0.3, -0.25) is 4.90 Å². The first-order valence-electron chi connectivity index (χ1n) is 6.05. The molecule has 0 saturated carbocycles. The summed E-state index contributed by atoms with van der Waals surface area (Å²) in [6.07, 6.45) is 2.18. The van der Waals surface area contributed by atoms with Crippen molar-refractivity contribution in [1.82, 2.24) is 10.2 Å². The van der Waals surface area contributed by atoms with E-state index in [4.69, 9.17) is 10.5 Å². The molecule has 2 heterocycles. The lowest BCUT2D eigenvalue weighted by Gasteiger charge is -2.50. The number of ether oxygens (including phenoxy) is 1. The summed E-state index contributed by atoms with van der Waals surface area (Å²) >= 11 is 0. The number of nitrogens with one attached hydrogen (secondary N) is 1. The van der Waals surface area contributed by atoms with Crippen molar-refractivity contribution in [2.75, 3.05) is 39.4 Å². The fourth-order valence-corrected chi connectivity index (χ4v) is 2.89. The lowest BCUT2D eigenvalue weighted by atomic mass is 9.81. The number of hydrogen-bond donors (Lipinski definition) is 2. The van der Waals surface area contributed by atoms with Crippen LogP contribution in [0, 0.1) is 0 Å². The minimum absolute atomic E-state index is 0.195. The maximum absolute atomic E-state index is 6.22. The fraction of sp³-hybridized carbons (Fsp3) is 1.00. The summed E-state index contributed by atoms with van der Waals surface area (Å²) in [4.78, 5) is 2.58. The maximum Gasteiger partial charge on any atom is 0.0484 e. The molecule has 0 aliphatic carbocycles. The molecule has 1 unspecified atom stereocenters. The third-order valence-electron chi connectivity index (χ3n) is 3.95. The molecule has 2 rings (SSSR count). The Morgan fingerprint density at radius 3 is 2.40 bits per heavy atom. The molecule has 4 heteroatoms. The van der Waals surface area contributed by atoms with E-state index in [9.17, 15) is 0 Å². The number of rotatable bonds is 2. The van der Waals surface area contributed by atoms with E-state index in [0.29, 0.717) is 0 Å². The molecule has 2 fully saturated rings. The Kier molecular flexibility index (Phi) is 3.61. The zero-order valence-corrected chi connectivity index (χ0v) is 9.67. The van der Waals surface area contributed by atoms with Crippen molar-refractivity contribution >= 4 is 0 Å². The highest BCUT2D eigenvalue weighted by Gasteiger charge is 2.41. The van der Waals surface area contributed by atoms with Gasteiger partial charge in [-0.2, -0.15) is 0 Å². The van der Waals surface area contributed by atoms with Gasteiger partial charge in [-0.15, -0.1) is 0 Å². The van der Waals surface area contributed by atoms with Crippen molar-refractivity contribution in [3.05, 3.63) is 0 Å². The molecule has 2 aliphatic rings. The second-order valence-corrected chi connectivity index (χ2v) is 4.74. The third kappa shape index (κ3) is 2.18. The second-order valence-electron chi connectivity index (χ2n) is 4.74. The number of piperazine rings is 1. The Balaban J connectivity index is 2.09. The topological polar surface area (TPSA) is 50.5 Å². The molecule has 1 atom stereocenters. The van der Waals surface area contributed by atoms with Gasteiger partial charge >= 0.3 is 0 Å². The highest BCUT2D eigenvalue weighted by molar-refractivity contribution is 4.99. The highest BCUT2D eigenvalue weighted by Crippen LogP contribution is 2.30. The van der Waals surface area contributed by atoms with E-state index in [-0.39, 0.29) is 11.6 Å². The van der Waals surface area contributed by atoms with Crippen LogP contribution in [0.5, 0.6) is 0 Å². The zero-order chi connectivity index (χ0) is 10.7. The van der Waals surface area contributed by atoms with Crippen LogP contribution >= 0.6 is 0 Å². The SMILES string of the molecule is CC(N)C1(N2CCNCC2)CCOCC1. The smallest absolute Gasteiger partial charge is 0.0484 e. The standard InChI is InChI=1S/C11H23N3O/c1-10(12)11(2-8-15-9-3-11)14-6-4-13-5-7-14/h10,13H,2-9,12H2,1H3. The molecule has 88 valence electrons. The van der Waals surface area contributed by atoms with Crippen molar-refractivity contribution in [3.8, 4) is 0 Å². The Morgan fingerprint density at radius 2 is 1.87 bits per heavy atom. The van der Waals surface area contributed by atoms with Crippen molar-refractivity contribution in [2.45, 2.75) is 31.3 Å². The molecule has 0 aromatic rings. The molecular formula is C11H23N3O. The second kappa shape index (κ2) is 4.78. The summed E-state index contributed by atoms with van der Waals surface area (Å²) in [7, 11) is 0. The van der Waals surface area contributed by atoms with Crippen LogP contribution in [0.4, 0.5) is 0 Å². The highest BCUT2D eigenvalue weighted by atomic mass is 16.5. The van der Waals surface area contributed by atoms with E-state index in [1.165, 1.54) is 0 Å². The quantitative estimate of drug-likeness (QED) is 0.666. The van der Waals surface area contributed by atoms with Gasteiger partial charge in [-0.25, -0.2) is 0 Å². The van der Waals surface area contributed by atoms with Gasteiger partial charge in [-0.05, 0) is 19.8 Å². The molecule has 0 aromatic carbocycles. The van der Waals surface area contributed by atoms with Crippen LogP contribution < -0.4 is 11.1 Å². The van der Waals surface area contributed by atoms with E-state index in [1.54, 1.807) is 0 Å². The molecule has 0 bridgehead atoms. The molecule has 3 N–H and O–H groups in total. The van der Waals surface area contributed by atoms with Gasteiger partial charge in [0, 0.05) is 51.0 Å². The monoisotopic (exact) mass is 213 g/mol. The maximum atomic E-state index is 6.22. The summed E-state index contributed by atoms with van der Waals surface area (Å²) in [5.74, 6) is 0. The average Bonchev–Trinajstić information content (AvgIpc) is 2.31. The van der Waals surface area contributed by atoms with E-state index in [2.05, 4.69) is 17.1 Å². The number of nitrogens with two attached hydrogens (primary N) is 1. The summed E-state index contributed by atoms with van der Waals surface area (Å²) in [6.45, 7) is 8.32. The normalized spacial score (nSPS) is 30.0. The summed E-state index contributed by atoms with van der Waals surface area (Å²) in [5.41, 5.74) is 6.41. The van der Waals surface area contributed by atoms with Gasteiger partial charge in [0.05, 0.1) is 0 Å². The Morgan fingerprint density at radius 1 is 1.27 bits per heavy atom. The molecule has 4 nitrogen and oxygen atoms in total. The van der Waals surface area contributed by atoms with E-state index in [0.717, 1.165) is 52.2 Å². The van der Waals surface area contributed by atoms with E-state index < -0.39 is 0 Å². The molecule has 15 heavy (non-hydrogen) atoms. The van der Waals surface area contributed by atoms with Crippen LogP contribution in [0.2, 0.25) is 0 Å². The first-order valence-corrected chi connectivity index (χ1v) is 6.05. The molecule has 0 aromatic heterocycles.